The van der Waals surface area contributed by atoms with Crippen LogP contribution in [0.1, 0.15) is 45.7 Å². The first kappa shape index (κ1) is 14.5. The molecule has 0 radical (unpaired) electrons. The van der Waals surface area contributed by atoms with E-state index in [2.05, 4.69) is 49.2 Å². The predicted molar refractivity (Wildman–Crippen MR) is 76.1 cm³/mol. The van der Waals surface area contributed by atoms with E-state index in [4.69, 9.17) is 12.2 Å². The van der Waals surface area contributed by atoms with E-state index in [1.165, 1.54) is 5.69 Å². The SMILES string of the molecule is CC(C)c1c[nH]c(=S)n1CCCN(C)C(C)C. The Morgan fingerprint density at radius 3 is 2.53 bits per heavy atom. The maximum Gasteiger partial charge on any atom is 0.177 e. The molecule has 0 saturated heterocycles. The van der Waals surface area contributed by atoms with Crippen molar-refractivity contribution in [2.75, 3.05) is 13.6 Å². The second-order valence-electron chi connectivity index (χ2n) is 5.25. The molecule has 0 unspecified atom stereocenters. The molecular formula is C13H25N3S. The van der Waals surface area contributed by atoms with E-state index in [9.17, 15) is 0 Å². The van der Waals surface area contributed by atoms with E-state index < -0.39 is 0 Å². The van der Waals surface area contributed by atoms with Crippen molar-refractivity contribution in [3.05, 3.63) is 16.7 Å². The van der Waals surface area contributed by atoms with Gasteiger partial charge in [-0.3, -0.25) is 0 Å². The maximum atomic E-state index is 5.32. The van der Waals surface area contributed by atoms with Gasteiger partial charge in [0.05, 0.1) is 0 Å². The van der Waals surface area contributed by atoms with Crippen LogP contribution in [0.4, 0.5) is 0 Å². The standard InChI is InChI=1S/C13H25N3S/c1-10(2)12-9-14-13(17)16(12)8-6-7-15(5)11(3)4/h9-11H,6-8H2,1-5H3,(H,14,17). The molecule has 1 heterocycles. The van der Waals surface area contributed by atoms with Crippen molar-refractivity contribution in [3.63, 3.8) is 0 Å². The Balaban J connectivity index is 2.57. The molecule has 0 saturated carbocycles. The number of imidazole rings is 1. The quantitative estimate of drug-likeness (QED) is 0.788. The van der Waals surface area contributed by atoms with Crippen LogP contribution in [0, 0.1) is 4.77 Å². The molecule has 0 bridgehead atoms. The van der Waals surface area contributed by atoms with Crippen LogP contribution in [0.3, 0.4) is 0 Å². The lowest BCUT2D eigenvalue weighted by molar-refractivity contribution is 0.265. The van der Waals surface area contributed by atoms with Gasteiger partial charge in [-0.25, -0.2) is 0 Å². The molecule has 17 heavy (non-hydrogen) atoms. The Hall–Kier alpha value is -0.610. The molecule has 0 fully saturated rings. The summed E-state index contributed by atoms with van der Waals surface area (Å²) >= 11 is 5.32. The molecular weight excluding hydrogens is 230 g/mol. The molecule has 0 spiro atoms. The summed E-state index contributed by atoms with van der Waals surface area (Å²) in [5, 5.41) is 0. The van der Waals surface area contributed by atoms with Gasteiger partial charge >= 0.3 is 0 Å². The Labute approximate surface area is 110 Å². The van der Waals surface area contributed by atoms with E-state index in [0.29, 0.717) is 12.0 Å². The second kappa shape index (κ2) is 6.36. The third-order valence-electron chi connectivity index (χ3n) is 3.27. The fraction of sp³-hybridized carbons (Fsp3) is 0.769. The zero-order valence-corrected chi connectivity index (χ0v) is 12.5. The summed E-state index contributed by atoms with van der Waals surface area (Å²) in [7, 11) is 2.17. The minimum atomic E-state index is 0.519. The summed E-state index contributed by atoms with van der Waals surface area (Å²) in [6, 6.07) is 0.610. The number of nitrogens with zero attached hydrogens (tertiary/aromatic N) is 2. The number of hydrogen-bond acceptors (Lipinski definition) is 2. The molecule has 1 aromatic heterocycles. The lowest BCUT2D eigenvalue weighted by Gasteiger charge is -2.21. The van der Waals surface area contributed by atoms with E-state index in [-0.39, 0.29) is 0 Å². The highest BCUT2D eigenvalue weighted by molar-refractivity contribution is 7.71. The molecule has 0 aromatic carbocycles. The molecule has 0 aliphatic heterocycles. The first-order valence-corrected chi connectivity index (χ1v) is 6.82. The van der Waals surface area contributed by atoms with E-state index in [1.54, 1.807) is 0 Å². The van der Waals surface area contributed by atoms with E-state index in [0.717, 1.165) is 24.3 Å². The number of H-pyrrole nitrogens is 1. The molecule has 1 aromatic rings. The van der Waals surface area contributed by atoms with Gasteiger partial charge in [0, 0.05) is 24.5 Å². The molecule has 0 aliphatic carbocycles. The summed E-state index contributed by atoms with van der Waals surface area (Å²) in [6.45, 7) is 11.0. The molecule has 0 aliphatic rings. The van der Waals surface area contributed by atoms with Gasteiger partial charge in [-0.15, -0.1) is 0 Å². The maximum absolute atomic E-state index is 5.32. The summed E-state index contributed by atoms with van der Waals surface area (Å²) in [5.41, 5.74) is 1.31. The summed E-state index contributed by atoms with van der Waals surface area (Å²) in [6.07, 6.45) is 3.18. The Morgan fingerprint density at radius 1 is 1.35 bits per heavy atom. The van der Waals surface area contributed by atoms with Gasteiger partial charge in [0.2, 0.25) is 0 Å². The largest absolute Gasteiger partial charge is 0.337 e. The fourth-order valence-electron chi connectivity index (χ4n) is 1.85. The van der Waals surface area contributed by atoms with Crippen LogP contribution in [0.2, 0.25) is 0 Å². The van der Waals surface area contributed by atoms with Crippen molar-refractivity contribution in [3.8, 4) is 0 Å². The second-order valence-corrected chi connectivity index (χ2v) is 5.64. The molecule has 98 valence electrons. The van der Waals surface area contributed by atoms with Crippen LogP contribution in [0.15, 0.2) is 6.20 Å². The van der Waals surface area contributed by atoms with Crippen molar-refractivity contribution >= 4 is 12.2 Å². The monoisotopic (exact) mass is 255 g/mol. The van der Waals surface area contributed by atoms with Gasteiger partial charge in [0.25, 0.3) is 0 Å². The van der Waals surface area contributed by atoms with Crippen LogP contribution < -0.4 is 0 Å². The van der Waals surface area contributed by atoms with E-state index in [1.807, 2.05) is 6.20 Å². The summed E-state index contributed by atoms with van der Waals surface area (Å²) < 4.78 is 3.08. The molecule has 3 nitrogen and oxygen atoms in total. The molecule has 0 atom stereocenters. The Kier molecular flexibility index (Phi) is 5.40. The van der Waals surface area contributed by atoms with Gasteiger partial charge in [0.1, 0.15) is 0 Å². The fourth-order valence-corrected chi connectivity index (χ4v) is 2.11. The highest BCUT2D eigenvalue weighted by Crippen LogP contribution is 2.15. The highest BCUT2D eigenvalue weighted by atomic mass is 32.1. The number of nitrogens with one attached hydrogen (secondary N) is 1. The lowest BCUT2D eigenvalue weighted by Crippen LogP contribution is -2.28. The summed E-state index contributed by atoms with van der Waals surface area (Å²) in [5.74, 6) is 0.519. The zero-order valence-electron chi connectivity index (χ0n) is 11.7. The average molecular weight is 255 g/mol. The number of aromatic amines is 1. The summed E-state index contributed by atoms with van der Waals surface area (Å²) in [4.78, 5) is 5.51. The number of rotatable bonds is 6. The predicted octanol–water partition coefficient (Wildman–Crippen LogP) is 3.40. The minimum Gasteiger partial charge on any atom is -0.337 e. The van der Waals surface area contributed by atoms with Crippen molar-refractivity contribution in [1.29, 1.82) is 0 Å². The van der Waals surface area contributed by atoms with Crippen LogP contribution in [-0.2, 0) is 6.54 Å². The highest BCUT2D eigenvalue weighted by Gasteiger charge is 2.08. The normalized spacial score (nSPS) is 12.0. The molecule has 4 heteroatoms. The first-order valence-electron chi connectivity index (χ1n) is 6.41. The number of aromatic nitrogens is 2. The van der Waals surface area contributed by atoms with Gasteiger partial charge in [0.15, 0.2) is 4.77 Å². The van der Waals surface area contributed by atoms with Crippen molar-refractivity contribution in [2.24, 2.45) is 0 Å². The zero-order chi connectivity index (χ0) is 13.0. The lowest BCUT2D eigenvalue weighted by atomic mass is 10.1. The van der Waals surface area contributed by atoms with Gasteiger partial charge in [-0.05, 0) is 52.0 Å². The first-order chi connectivity index (χ1) is 7.93. The van der Waals surface area contributed by atoms with Crippen LogP contribution in [0.5, 0.6) is 0 Å². The third-order valence-corrected chi connectivity index (χ3v) is 3.60. The van der Waals surface area contributed by atoms with Gasteiger partial charge < -0.3 is 14.5 Å². The van der Waals surface area contributed by atoms with Gasteiger partial charge in [-0.1, -0.05) is 13.8 Å². The molecule has 0 amide bonds. The van der Waals surface area contributed by atoms with Crippen molar-refractivity contribution in [2.45, 2.75) is 52.6 Å². The Bertz CT molecular complexity index is 390. The average Bonchev–Trinajstić information content (AvgIpc) is 2.60. The van der Waals surface area contributed by atoms with E-state index >= 15 is 0 Å². The van der Waals surface area contributed by atoms with Gasteiger partial charge in [-0.2, -0.15) is 0 Å². The van der Waals surface area contributed by atoms with Crippen LogP contribution in [-0.4, -0.2) is 34.1 Å². The van der Waals surface area contributed by atoms with Crippen LogP contribution in [0.25, 0.3) is 0 Å². The molecule has 1 N–H and O–H groups in total. The third kappa shape index (κ3) is 3.96. The molecule has 1 rings (SSSR count). The van der Waals surface area contributed by atoms with Crippen molar-refractivity contribution < 1.29 is 0 Å². The Morgan fingerprint density at radius 2 is 2.00 bits per heavy atom. The van der Waals surface area contributed by atoms with Crippen molar-refractivity contribution in [1.82, 2.24) is 14.5 Å². The topological polar surface area (TPSA) is 24.0 Å². The smallest absolute Gasteiger partial charge is 0.177 e. The van der Waals surface area contributed by atoms with Crippen LogP contribution >= 0.6 is 12.2 Å². The number of hydrogen-bond donors (Lipinski definition) is 1. The minimum absolute atomic E-state index is 0.519.